The SMILES string of the molecule is CCCC(CNC(=O)C1CCC(c2ccccc2)CC1)C(=O)O. The second-order valence-corrected chi connectivity index (χ2v) is 6.53. The molecule has 1 aromatic carbocycles. The highest BCUT2D eigenvalue weighted by Gasteiger charge is 2.27. The molecule has 1 aliphatic rings. The number of amides is 1. The summed E-state index contributed by atoms with van der Waals surface area (Å²) in [6.07, 6.45) is 5.25. The van der Waals surface area contributed by atoms with E-state index in [4.69, 9.17) is 5.11 Å². The van der Waals surface area contributed by atoms with E-state index in [0.29, 0.717) is 12.3 Å². The molecular weight excluding hydrogens is 290 g/mol. The van der Waals surface area contributed by atoms with E-state index in [1.165, 1.54) is 5.56 Å². The van der Waals surface area contributed by atoms with Crippen molar-refractivity contribution in [1.82, 2.24) is 5.32 Å². The van der Waals surface area contributed by atoms with E-state index in [2.05, 4.69) is 29.6 Å². The number of carbonyl (C=O) groups excluding carboxylic acids is 1. The first kappa shape index (κ1) is 17.5. The number of carboxylic acid groups (broad SMARTS) is 1. The summed E-state index contributed by atoms with van der Waals surface area (Å²) in [6, 6.07) is 10.5. The molecule has 1 fully saturated rings. The van der Waals surface area contributed by atoms with Crippen molar-refractivity contribution in [2.45, 2.75) is 51.4 Å². The number of carboxylic acids is 1. The summed E-state index contributed by atoms with van der Waals surface area (Å²) < 4.78 is 0. The lowest BCUT2D eigenvalue weighted by molar-refractivity contribution is -0.142. The third-order valence-corrected chi connectivity index (χ3v) is 4.88. The molecule has 4 nitrogen and oxygen atoms in total. The van der Waals surface area contributed by atoms with Crippen LogP contribution in [0.15, 0.2) is 30.3 Å². The van der Waals surface area contributed by atoms with Gasteiger partial charge in [0.1, 0.15) is 0 Å². The highest BCUT2D eigenvalue weighted by molar-refractivity contribution is 5.79. The lowest BCUT2D eigenvalue weighted by atomic mass is 9.78. The Hall–Kier alpha value is -1.84. The molecule has 0 heterocycles. The number of nitrogens with one attached hydrogen (secondary N) is 1. The van der Waals surface area contributed by atoms with Crippen LogP contribution in [-0.4, -0.2) is 23.5 Å². The quantitative estimate of drug-likeness (QED) is 0.808. The monoisotopic (exact) mass is 317 g/mol. The maximum Gasteiger partial charge on any atom is 0.308 e. The van der Waals surface area contributed by atoms with Crippen molar-refractivity contribution in [3.8, 4) is 0 Å². The van der Waals surface area contributed by atoms with Gasteiger partial charge in [-0.25, -0.2) is 0 Å². The molecule has 2 rings (SSSR count). The topological polar surface area (TPSA) is 66.4 Å². The maximum atomic E-state index is 12.3. The third-order valence-electron chi connectivity index (χ3n) is 4.88. The van der Waals surface area contributed by atoms with Crippen LogP contribution in [0.5, 0.6) is 0 Å². The molecule has 2 N–H and O–H groups in total. The molecule has 0 aromatic heterocycles. The first-order chi connectivity index (χ1) is 11.1. The zero-order valence-corrected chi connectivity index (χ0v) is 13.8. The highest BCUT2D eigenvalue weighted by atomic mass is 16.4. The van der Waals surface area contributed by atoms with Gasteiger partial charge in [-0.15, -0.1) is 0 Å². The fourth-order valence-corrected chi connectivity index (χ4v) is 3.44. The Morgan fingerprint density at radius 2 is 1.83 bits per heavy atom. The van der Waals surface area contributed by atoms with E-state index in [-0.39, 0.29) is 18.4 Å². The standard InChI is InChI=1S/C19H27NO3/c1-2-6-17(19(22)23)13-20-18(21)16-11-9-15(10-12-16)14-7-4-3-5-8-14/h3-5,7-8,15-17H,2,6,9-13H2,1H3,(H,20,21)(H,22,23). The van der Waals surface area contributed by atoms with Gasteiger partial charge in [-0.05, 0) is 43.6 Å². The summed E-state index contributed by atoms with van der Waals surface area (Å²) in [5.41, 5.74) is 1.36. The van der Waals surface area contributed by atoms with Gasteiger partial charge in [0.2, 0.25) is 5.91 Å². The van der Waals surface area contributed by atoms with Crippen LogP contribution >= 0.6 is 0 Å². The smallest absolute Gasteiger partial charge is 0.308 e. The molecule has 1 saturated carbocycles. The first-order valence-electron chi connectivity index (χ1n) is 8.67. The van der Waals surface area contributed by atoms with E-state index in [9.17, 15) is 9.59 Å². The number of carbonyl (C=O) groups is 2. The van der Waals surface area contributed by atoms with E-state index in [0.717, 1.165) is 32.1 Å². The Bertz CT molecular complexity index is 507. The zero-order valence-electron chi connectivity index (χ0n) is 13.8. The molecule has 1 aromatic rings. The van der Waals surface area contributed by atoms with Crippen LogP contribution in [0.2, 0.25) is 0 Å². The number of hydrogen-bond donors (Lipinski definition) is 2. The van der Waals surface area contributed by atoms with Gasteiger partial charge in [0.25, 0.3) is 0 Å². The molecule has 0 aliphatic heterocycles. The van der Waals surface area contributed by atoms with Crippen molar-refractivity contribution < 1.29 is 14.7 Å². The molecule has 0 spiro atoms. The van der Waals surface area contributed by atoms with Gasteiger partial charge in [-0.1, -0.05) is 43.7 Å². The summed E-state index contributed by atoms with van der Waals surface area (Å²) in [4.78, 5) is 23.4. The van der Waals surface area contributed by atoms with E-state index in [1.54, 1.807) is 0 Å². The van der Waals surface area contributed by atoms with Gasteiger partial charge in [0.05, 0.1) is 5.92 Å². The molecule has 126 valence electrons. The van der Waals surface area contributed by atoms with Crippen molar-refractivity contribution in [1.29, 1.82) is 0 Å². The Balaban J connectivity index is 1.78. The van der Waals surface area contributed by atoms with Crippen LogP contribution in [0, 0.1) is 11.8 Å². The zero-order chi connectivity index (χ0) is 16.7. The fraction of sp³-hybridized carbons (Fsp3) is 0.579. The van der Waals surface area contributed by atoms with Crippen LogP contribution in [0.4, 0.5) is 0 Å². The summed E-state index contributed by atoms with van der Waals surface area (Å²) in [5.74, 6) is -0.679. The molecule has 1 unspecified atom stereocenters. The fourth-order valence-electron chi connectivity index (χ4n) is 3.44. The molecule has 0 saturated heterocycles. The number of aliphatic carboxylic acids is 1. The maximum absolute atomic E-state index is 12.3. The summed E-state index contributed by atoms with van der Waals surface area (Å²) in [5, 5.41) is 12.0. The Morgan fingerprint density at radius 3 is 2.39 bits per heavy atom. The molecular formula is C19H27NO3. The van der Waals surface area contributed by atoms with E-state index < -0.39 is 11.9 Å². The van der Waals surface area contributed by atoms with Crippen LogP contribution in [0.25, 0.3) is 0 Å². The van der Waals surface area contributed by atoms with E-state index >= 15 is 0 Å². The highest BCUT2D eigenvalue weighted by Crippen LogP contribution is 2.35. The molecule has 0 bridgehead atoms. The van der Waals surface area contributed by atoms with Crippen molar-refractivity contribution >= 4 is 11.9 Å². The van der Waals surface area contributed by atoms with Crippen LogP contribution < -0.4 is 5.32 Å². The van der Waals surface area contributed by atoms with Gasteiger partial charge < -0.3 is 10.4 Å². The average molecular weight is 317 g/mol. The average Bonchev–Trinajstić information content (AvgIpc) is 2.59. The minimum Gasteiger partial charge on any atom is -0.481 e. The van der Waals surface area contributed by atoms with Crippen molar-refractivity contribution in [3.05, 3.63) is 35.9 Å². The van der Waals surface area contributed by atoms with Gasteiger partial charge in [-0.3, -0.25) is 9.59 Å². The van der Waals surface area contributed by atoms with Crippen molar-refractivity contribution in [3.63, 3.8) is 0 Å². The van der Waals surface area contributed by atoms with Gasteiger partial charge in [0, 0.05) is 12.5 Å². The molecule has 4 heteroatoms. The molecule has 1 aliphatic carbocycles. The van der Waals surface area contributed by atoms with Gasteiger partial charge >= 0.3 is 5.97 Å². The lowest BCUT2D eigenvalue weighted by Gasteiger charge is -2.28. The summed E-state index contributed by atoms with van der Waals surface area (Å²) in [6.45, 7) is 2.21. The Labute approximate surface area is 138 Å². The second-order valence-electron chi connectivity index (χ2n) is 6.53. The third kappa shape index (κ3) is 5.08. The summed E-state index contributed by atoms with van der Waals surface area (Å²) in [7, 11) is 0. The number of rotatable bonds is 7. The minimum atomic E-state index is -0.820. The molecule has 1 atom stereocenters. The van der Waals surface area contributed by atoms with Gasteiger partial charge in [-0.2, -0.15) is 0 Å². The van der Waals surface area contributed by atoms with Gasteiger partial charge in [0.15, 0.2) is 0 Å². The second kappa shape index (κ2) is 8.70. The van der Waals surface area contributed by atoms with Crippen LogP contribution in [-0.2, 0) is 9.59 Å². The normalized spacial score (nSPS) is 22.3. The number of hydrogen-bond acceptors (Lipinski definition) is 2. The lowest BCUT2D eigenvalue weighted by Crippen LogP contribution is -2.37. The summed E-state index contributed by atoms with van der Waals surface area (Å²) >= 11 is 0. The Kier molecular flexibility index (Phi) is 6.63. The van der Waals surface area contributed by atoms with Crippen LogP contribution in [0.3, 0.4) is 0 Å². The van der Waals surface area contributed by atoms with Crippen molar-refractivity contribution in [2.24, 2.45) is 11.8 Å². The molecule has 23 heavy (non-hydrogen) atoms. The van der Waals surface area contributed by atoms with Crippen LogP contribution in [0.1, 0.15) is 56.9 Å². The first-order valence-corrected chi connectivity index (χ1v) is 8.67. The number of benzene rings is 1. The Morgan fingerprint density at radius 1 is 1.17 bits per heavy atom. The van der Waals surface area contributed by atoms with E-state index in [1.807, 2.05) is 13.0 Å². The minimum absolute atomic E-state index is 0.0267. The predicted molar refractivity (Wildman–Crippen MR) is 90.2 cm³/mol. The largest absolute Gasteiger partial charge is 0.481 e. The predicted octanol–water partition coefficient (Wildman–Crippen LogP) is 3.58. The molecule has 0 radical (unpaired) electrons. The van der Waals surface area contributed by atoms with Crippen molar-refractivity contribution in [2.75, 3.05) is 6.54 Å². The molecule has 1 amide bonds.